The third kappa shape index (κ3) is 7.98. The van der Waals surface area contributed by atoms with Gasteiger partial charge in [-0.15, -0.1) is 0 Å². The van der Waals surface area contributed by atoms with Crippen molar-refractivity contribution < 1.29 is 19.1 Å². The topological polar surface area (TPSA) is 55.8 Å². The first-order valence-corrected chi connectivity index (χ1v) is 12.2. The Hall–Kier alpha value is -2.66. The molecule has 0 aliphatic heterocycles. The van der Waals surface area contributed by atoms with Gasteiger partial charge in [0.1, 0.15) is 12.4 Å². The van der Waals surface area contributed by atoms with Gasteiger partial charge < -0.3 is 9.47 Å². The van der Waals surface area contributed by atoms with Crippen molar-refractivity contribution >= 4 is 11.9 Å². The molecule has 0 aromatic heterocycles. The van der Waals surface area contributed by atoms with Crippen LogP contribution in [0, 0.1) is 5.41 Å². The fraction of sp³-hybridized carbons (Fsp3) is 0.517. The van der Waals surface area contributed by atoms with Crippen molar-refractivity contribution in [2.75, 3.05) is 6.54 Å². The van der Waals surface area contributed by atoms with Crippen molar-refractivity contribution in [1.29, 1.82) is 0 Å². The van der Waals surface area contributed by atoms with Crippen LogP contribution in [0.1, 0.15) is 84.4 Å². The van der Waals surface area contributed by atoms with Crippen LogP contribution in [0.15, 0.2) is 48.5 Å². The lowest BCUT2D eigenvalue weighted by Crippen LogP contribution is -2.38. The molecule has 5 nitrogen and oxygen atoms in total. The standard InChI is InChI=1S/C29H41NO4/c1-20(2)30(21(3)4)17-16-25(24-12-10-9-11-13-24)26-18-23(14-15-27(26)34-22(5)31)19-33-28(32)29(6,7)8/h9-15,18,20-21,25H,16-17,19H2,1-8H3. The molecular weight excluding hydrogens is 426 g/mol. The molecule has 0 N–H and O–H groups in total. The molecule has 2 aromatic rings. The second-order valence-electron chi connectivity index (χ2n) is 10.5. The number of hydrogen-bond donors (Lipinski definition) is 0. The number of ether oxygens (including phenoxy) is 2. The maximum absolute atomic E-state index is 12.3. The minimum Gasteiger partial charge on any atom is -0.460 e. The SMILES string of the molecule is CC(=O)Oc1ccc(COC(=O)C(C)(C)C)cc1C(CCN(C(C)C)C(C)C)c1ccccc1. The van der Waals surface area contributed by atoms with Gasteiger partial charge in [0.05, 0.1) is 5.41 Å². The zero-order valence-electron chi connectivity index (χ0n) is 22.1. The number of hydrogen-bond acceptors (Lipinski definition) is 5. The van der Waals surface area contributed by atoms with Gasteiger partial charge in [-0.2, -0.15) is 0 Å². The highest BCUT2D eigenvalue weighted by Gasteiger charge is 2.25. The van der Waals surface area contributed by atoms with Gasteiger partial charge in [-0.1, -0.05) is 36.4 Å². The molecule has 1 unspecified atom stereocenters. The Labute approximate surface area is 205 Å². The quantitative estimate of drug-likeness (QED) is 0.301. The Morgan fingerprint density at radius 1 is 0.941 bits per heavy atom. The summed E-state index contributed by atoms with van der Waals surface area (Å²) in [6, 6.07) is 16.8. The van der Waals surface area contributed by atoms with Crippen LogP contribution < -0.4 is 4.74 Å². The number of nitrogens with zero attached hydrogens (tertiary/aromatic N) is 1. The number of esters is 2. The van der Waals surface area contributed by atoms with E-state index in [1.54, 1.807) is 0 Å². The molecule has 34 heavy (non-hydrogen) atoms. The molecule has 2 aromatic carbocycles. The summed E-state index contributed by atoms with van der Waals surface area (Å²) in [5.74, 6) is -0.0325. The molecule has 186 valence electrons. The molecule has 0 bridgehead atoms. The van der Waals surface area contributed by atoms with Gasteiger partial charge in [-0.05, 0) is 84.7 Å². The molecular formula is C29H41NO4. The zero-order valence-corrected chi connectivity index (χ0v) is 22.1. The van der Waals surface area contributed by atoms with Crippen LogP contribution >= 0.6 is 0 Å². The lowest BCUT2D eigenvalue weighted by atomic mass is 9.86. The second kappa shape index (κ2) is 12.2. The molecule has 0 saturated carbocycles. The Balaban J connectivity index is 2.46. The van der Waals surface area contributed by atoms with E-state index in [9.17, 15) is 9.59 Å². The minimum absolute atomic E-state index is 0.0221. The van der Waals surface area contributed by atoms with Crippen LogP contribution in [0.4, 0.5) is 0 Å². The van der Waals surface area contributed by atoms with Crippen LogP contribution in [0.2, 0.25) is 0 Å². The molecule has 2 rings (SSSR count). The summed E-state index contributed by atoms with van der Waals surface area (Å²) >= 11 is 0. The van der Waals surface area contributed by atoms with Crippen molar-refractivity contribution in [3.63, 3.8) is 0 Å². The highest BCUT2D eigenvalue weighted by Crippen LogP contribution is 2.36. The van der Waals surface area contributed by atoms with Crippen molar-refractivity contribution in [2.45, 2.75) is 86.4 Å². The van der Waals surface area contributed by atoms with Crippen molar-refractivity contribution in [3.05, 3.63) is 65.2 Å². The van der Waals surface area contributed by atoms with Crippen LogP contribution in [0.3, 0.4) is 0 Å². The Morgan fingerprint density at radius 2 is 1.56 bits per heavy atom. The lowest BCUT2D eigenvalue weighted by molar-refractivity contribution is -0.154. The molecule has 0 aliphatic rings. The molecule has 0 saturated heterocycles. The van der Waals surface area contributed by atoms with Crippen LogP contribution in [0.5, 0.6) is 5.75 Å². The van der Waals surface area contributed by atoms with Gasteiger partial charge in [0.25, 0.3) is 0 Å². The van der Waals surface area contributed by atoms with E-state index in [2.05, 4.69) is 44.7 Å². The zero-order chi connectivity index (χ0) is 25.5. The third-order valence-corrected chi connectivity index (χ3v) is 5.89. The normalized spacial score (nSPS) is 12.8. The number of rotatable bonds is 10. The predicted octanol–water partition coefficient (Wildman–Crippen LogP) is 6.34. The molecule has 0 aliphatic carbocycles. The Morgan fingerprint density at radius 3 is 2.09 bits per heavy atom. The van der Waals surface area contributed by atoms with E-state index in [0.717, 1.165) is 29.7 Å². The molecule has 0 spiro atoms. The Kier molecular flexibility index (Phi) is 9.87. The highest BCUT2D eigenvalue weighted by molar-refractivity contribution is 5.75. The van der Waals surface area contributed by atoms with E-state index in [1.807, 2.05) is 57.2 Å². The van der Waals surface area contributed by atoms with Gasteiger partial charge in [0.15, 0.2) is 0 Å². The van der Waals surface area contributed by atoms with Crippen LogP contribution in [-0.4, -0.2) is 35.5 Å². The fourth-order valence-electron chi connectivity index (χ4n) is 4.15. The van der Waals surface area contributed by atoms with Crippen LogP contribution in [0.25, 0.3) is 0 Å². The summed E-state index contributed by atoms with van der Waals surface area (Å²) in [6.45, 7) is 16.9. The average Bonchev–Trinajstić information content (AvgIpc) is 2.75. The summed E-state index contributed by atoms with van der Waals surface area (Å²) in [5.41, 5.74) is 2.39. The number of carbonyl (C=O) groups is 2. The van der Waals surface area contributed by atoms with Gasteiger partial charge in [0, 0.05) is 30.5 Å². The monoisotopic (exact) mass is 467 g/mol. The summed E-state index contributed by atoms with van der Waals surface area (Å²) in [6.07, 6.45) is 0.861. The predicted molar refractivity (Wildman–Crippen MR) is 137 cm³/mol. The van der Waals surface area contributed by atoms with Gasteiger partial charge >= 0.3 is 11.9 Å². The highest BCUT2D eigenvalue weighted by atomic mass is 16.5. The summed E-state index contributed by atoms with van der Waals surface area (Å²) in [7, 11) is 0. The van der Waals surface area contributed by atoms with E-state index in [0.29, 0.717) is 17.8 Å². The first-order chi connectivity index (χ1) is 15.9. The maximum atomic E-state index is 12.3. The van der Waals surface area contributed by atoms with Crippen molar-refractivity contribution in [3.8, 4) is 5.75 Å². The minimum atomic E-state index is -0.565. The average molecular weight is 468 g/mol. The van der Waals surface area contributed by atoms with Gasteiger partial charge in [-0.3, -0.25) is 14.5 Å². The summed E-state index contributed by atoms with van der Waals surface area (Å²) in [5, 5.41) is 0. The molecule has 0 fully saturated rings. The summed E-state index contributed by atoms with van der Waals surface area (Å²) in [4.78, 5) is 26.6. The third-order valence-electron chi connectivity index (χ3n) is 5.89. The first kappa shape index (κ1) is 27.6. The Bertz CT molecular complexity index is 936. The molecule has 5 heteroatoms. The molecule has 0 radical (unpaired) electrons. The van der Waals surface area contributed by atoms with E-state index in [4.69, 9.17) is 9.47 Å². The fourth-order valence-corrected chi connectivity index (χ4v) is 4.15. The second-order valence-corrected chi connectivity index (χ2v) is 10.5. The summed E-state index contributed by atoms with van der Waals surface area (Å²) < 4.78 is 11.2. The van der Waals surface area contributed by atoms with Gasteiger partial charge in [0.2, 0.25) is 0 Å². The number of benzene rings is 2. The maximum Gasteiger partial charge on any atom is 0.311 e. The lowest BCUT2D eigenvalue weighted by Gasteiger charge is -2.32. The molecule has 0 amide bonds. The van der Waals surface area contributed by atoms with E-state index < -0.39 is 5.41 Å². The van der Waals surface area contributed by atoms with E-state index in [-0.39, 0.29) is 24.5 Å². The van der Waals surface area contributed by atoms with Gasteiger partial charge in [-0.25, -0.2) is 0 Å². The molecule has 0 heterocycles. The van der Waals surface area contributed by atoms with Crippen LogP contribution in [-0.2, 0) is 20.9 Å². The first-order valence-electron chi connectivity index (χ1n) is 12.2. The molecule has 1 atom stereocenters. The smallest absolute Gasteiger partial charge is 0.311 e. The van der Waals surface area contributed by atoms with Crippen molar-refractivity contribution in [2.24, 2.45) is 5.41 Å². The van der Waals surface area contributed by atoms with E-state index in [1.165, 1.54) is 6.92 Å². The largest absolute Gasteiger partial charge is 0.460 e. The number of carbonyl (C=O) groups excluding carboxylic acids is 2. The van der Waals surface area contributed by atoms with E-state index >= 15 is 0 Å². The van der Waals surface area contributed by atoms with Crippen molar-refractivity contribution in [1.82, 2.24) is 4.90 Å².